The summed E-state index contributed by atoms with van der Waals surface area (Å²) in [5.74, 6) is -2.22. The number of amides is 3. The second kappa shape index (κ2) is 8.45. The Morgan fingerprint density at radius 3 is 2.50 bits per heavy atom. The molecule has 9 nitrogen and oxygen atoms in total. The van der Waals surface area contributed by atoms with Crippen LogP contribution in [0.25, 0.3) is 0 Å². The summed E-state index contributed by atoms with van der Waals surface area (Å²) < 4.78 is 9.93. The molecule has 0 atom stereocenters. The minimum atomic E-state index is -0.846. The van der Waals surface area contributed by atoms with Crippen LogP contribution in [0.4, 0.5) is 11.5 Å². The first-order chi connectivity index (χ1) is 15.2. The van der Waals surface area contributed by atoms with Crippen LogP contribution in [0.3, 0.4) is 0 Å². The van der Waals surface area contributed by atoms with E-state index < -0.39 is 30.3 Å². The number of esters is 1. The molecule has 4 rings (SSSR count). The monoisotopic (exact) mass is 473 g/mol. The van der Waals surface area contributed by atoms with Crippen molar-refractivity contribution in [2.45, 2.75) is 6.92 Å². The molecule has 0 radical (unpaired) electrons. The number of aromatic nitrogens is 1. The number of hydrogen-bond acceptors (Lipinski definition) is 7. The molecule has 3 amide bonds. The lowest BCUT2D eigenvalue weighted by Gasteiger charge is -2.09. The van der Waals surface area contributed by atoms with Gasteiger partial charge in [0.05, 0.1) is 27.4 Å². The number of halogens is 2. The summed E-state index contributed by atoms with van der Waals surface area (Å²) in [6.07, 6.45) is 0. The summed E-state index contributed by atoms with van der Waals surface area (Å²) >= 11 is 11.8. The largest absolute Gasteiger partial charge is 0.452 e. The third-order valence-corrected chi connectivity index (χ3v) is 5.05. The van der Waals surface area contributed by atoms with Gasteiger partial charge in [-0.25, -0.2) is 9.69 Å². The van der Waals surface area contributed by atoms with E-state index in [1.807, 2.05) is 0 Å². The number of carbonyl (C=O) groups excluding carboxylic acids is 4. The smallest absolute Gasteiger partial charge is 0.338 e. The van der Waals surface area contributed by atoms with Crippen molar-refractivity contribution in [1.82, 2.24) is 5.16 Å². The van der Waals surface area contributed by atoms with E-state index >= 15 is 0 Å². The van der Waals surface area contributed by atoms with Gasteiger partial charge >= 0.3 is 5.97 Å². The Balaban J connectivity index is 1.44. The van der Waals surface area contributed by atoms with Crippen LogP contribution in [-0.4, -0.2) is 35.5 Å². The highest BCUT2D eigenvalue weighted by Crippen LogP contribution is 2.29. The fourth-order valence-corrected chi connectivity index (χ4v) is 3.48. The minimum absolute atomic E-state index is 0.000378. The van der Waals surface area contributed by atoms with Crippen molar-refractivity contribution in [2.75, 3.05) is 16.8 Å². The van der Waals surface area contributed by atoms with Crippen LogP contribution >= 0.6 is 23.2 Å². The molecule has 11 heteroatoms. The molecule has 162 valence electrons. The van der Waals surface area contributed by atoms with E-state index in [1.165, 1.54) is 36.4 Å². The number of rotatable bonds is 5. The Bertz CT molecular complexity index is 1290. The van der Waals surface area contributed by atoms with Gasteiger partial charge in [-0.2, -0.15) is 0 Å². The Labute approximate surface area is 190 Å². The number of aryl methyl sites for hydroxylation is 1. The van der Waals surface area contributed by atoms with Crippen LogP contribution in [0.1, 0.15) is 36.8 Å². The van der Waals surface area contributed by atoms with Crippen LogP contribution in [-0.2, 0) is 9.53 Å². The lowest BCUT2D eigenvalue weighted by Crippen LogP contribution is -2.29. The highest BCUT2D eigenvalue weighted by Gasteiger charge is 2.38. The molecule has 1 aliphatic rings. The van der Waals surface area contributed by atoms with E-state index in [4.69, 9.17) is 32.5 Å². The zero-order valence-electron chi connectivity index (χ0n) is 16.3. The zero-order chi connectivity index (χ0) is 23.0. The van der Waals surface area contributed by atoms with E-state index in [9.17, 15) is 19.2 Å². The summed E-state index contributed by atoms with van der Waals surface area (Å²) in [7, 11) is 0. The van der Waals surface area contributed by atoms with Gasteiger partial charge in [0.2, 0.25) is 0 Å². The van der Waals surface area contributed by atoms with Gasteiger partial charge in [-0.3, -0.25) is 14.4 Å². The van der Waals surface area contributed by atoms with Gasteiger partial charge in [0.1, 0.15) is 5.76 Å². The Hall–Kier alpha value is -3.69. The summed E-state index contributed by atoms with van der Waals surface area (Å²) in [6.45, 7) is 1.03. The second-order valence-electron chi connectivity index (χ2n) is 6.75. The molecule has 0 bridgehead atoms. The highest BCUT2D eigenvalue weighted by atomic mass is 35.5. The molecule has 0 spiro atoms. The van der Waals surface area contributed by atoms with Gasteiger partial charge in [0.15, 0.2) is 12.4 Å². The van der Waals surface area contributed by atoms with Gasteiger partial charge in [0.25, 0.3) is 17.7 Å². The predicted molar refractivity (Wildman–Crippen MR) is 114 cm³/mol. The van der Waals surface area contributed by atoms with Crippen molar-refractivity contribution in [1.29, 1.82) is 0 Å². The molecule has 3 aromatic rings. The summed E-state index contributed by atoms with van der Waals surface area (Å²) in [5, 5.41) is 6.82. The maximum atomic E-state index is 12.7. The molecular formula is C21H13Cl2N3O6. The zero-order valence-corrected chi connectivity index (χ0v) is 17.9. The molecule has 1 aliphatic heterocycles. The lowest BCUT2D eigenvalue weighted by atomic mass is 10.1. The molecule has 2 heterocycles. The van der Waals surface area contributed by atoms with Crippen molar-refractivity contribution >= 4 is 58.4 Å². The quantitative estimate of drug-likeness (QED) is 0.440. The van der Waals surface area contributed by atoms with Crippen molar-refractivity contribution in [3.05, 3.63) is 75.0 Å². The molecule has 0 saturated heterocycles. The van der Waals surface area contributed by atoms with E-state index in [1.54, 1.807) is 13.0 Å². The fraction of sp³-hybridized carbons (Fsp3) is 0.0952. The number of anilines is 2. The first kappa shape index (κ1) is 21.5. The SMILES string of the molecule is Cc1cc(N2C(=O)c3ccc(C(=O)OCC(=O)Nc4ccc(Cl)cc4Cl)cc3C2=O)no1. The fourth-order valence-electron chi connectivity index (χ4n) is 3.03. The summed E-state index contributed by atoms with van der Waals surface area (Å²) in [6, 6.07) is 9.86. The summed E-state index contributed by atoms with van der Waals surface area (Å²) in [4.78, 5) is 50.6. The van der Waals surface area contributed by atoms with E-state index in [-0.39, 0.29) is 27.5 Å². The van der Waals surface area contributed by atoms with Crippen molar-refractivity contribution < 1.29 is 28.4 Å². The molecule has 1 aromatic heterocycles. The third-order valence-electron chi connectivity index (χ3n) is 4.51. The van der Waals surface area contributed by atoms with E-state index in [2.05, 4.69) is 10.5 Å². The maximum absolute atomic E-state index is 12.7. The van der Waals surface area contributed by atoms with Gasteiger partial charge < -0.3 is 14.6 Å². The topological polar surface area (TPSA) is 119 Å². The van der Waals surface area contributed by atoms with Crippen molar-refractivity contribution in [3.63, 3.8) is 0 Å². The van der Waals surface area contributed by atoms with Gasteiger partial charge in [-0.15, -0.1) is 0 Å². The van der Waals surface area contributed by atoms with E-state index in [0.29, 0.717) is 16.5 Å². The first-order valence-corrected chi connectivity index (χ1v) is 9.88. The van der Waals surface area contributed by atoms with Gasteiger partial charge in [0, 0.05) is 11.1 Å². The number of nitrogens with zero attached hydrogens (tertiary/aromatic N) is 2. The van der Waals surface area contributed by atoms with Gasteiger partial charge in [-0.1, -0.05) is 28.4 Å². The molecule has 0 fully saturated rings. The minimum Gasteiger partial charge on any atom is -0.452 e. The van der Waals surface area contributed by atoms with E-state index in [0.717, 1.165) is 4.90 Å². The maximum Gasteiger partial charge on any atom is 0.338 e. The Morgan fingerprint density at radius 1 is 1.06 bits per heavy atom. The molecule has 32 heavy (non-hydrogen) atoms. The van der Waals surface area contributed by atoms with Crippen LogP contribution in [0.2, 0.25) is 10.0 Å². The molecule has 0 unspecified atom stereocenters. The molecule has 2 aromatic carbocycles. The number of nitrogens with one attached hydrogen (secondary N) is 1. The predicted octanol–water partition coefficient (Wildman–Crippen LogP) is 3.89. The number of imide groups is 1. The molecule has 0 saturated carbocycles. The normalized spacial score (nSPS) is 12.7. The van der Waals surface area contributed by atoms with Crippen LogP contribution in [0, 0.1) is 6.92 Å². The average Bonchev–Trinajstić information content (AvgIpc) is 3.28. The third kappa shape index (κ3) is 4.08. The number of ether oxygens (including phenoxy) is 1. The summed E-state index contributed by atoms with van der Waals surface area (Å²) in [5.41, 5.74) is 0.437. The van der Waals surface area contributed by atoms with Crippen LogP contribution in [0.15, 0.2) is 47.0 Å². The molecule has 0 aliphatic carbocycles. The highest BCUT2D eigenvalue weighted by molar-refractivity contribution is 6.37. The second-order valence-corrected chi connectivity index (χ2v) is 7.59. The lowest BCUT2D eigenvalue weighted by molar-refractivity contribution is -0.119. The number of carbonyl (C=O) groups is 4. The molecule has 1 N–H and O–H groups in total. The van der Waals surface area contributed by atoms with Gasteiger partial charge in [-0.05, 0) is 43.3 Å². The Kier molecular flexibility index (Phi) is 5.68. The van der Waals surface area contributed by atoms with Crippen LogP contribution < -0.4 is 10.2 Å². The van der Waals surface area contributed by atoms with Crippen LogP contribution in [0.5, 0.6) is 0 Å². The molecular weight excluding hydrogens is 461 g/mol. The van der Waals surface area contributed by atoms with Crippen molar-refractivity contribution in [2.24, 2.45) is 0 Å². The standard InChI is InChI=1S/C21H13Cl2N3O6/c1-10-6-17(25-32-10)26-19(28)13-4-2-11(7-14(13)20(26)29)21(30)31-9-18(27)24-16-5-3-12(22)8-15(16)23/h2-8H,9H2,1H3,(H,24,27). The first-order valence-electron chi connectivity index (χ1n) is 9.13. The number of hydrogen-bond donors (Lipinski definition) is 1. The Morgan fingerprint density at radius 2 is 1.81 bits per heavy atom. The van der Waals surface area contributed by atoms with Crippen molar-refractivity contribution in [3.8, 4) is 0 Å². The number of benzene rings is 2. The average molecular weight is 474 g/mol. The number of fused-ring (bicyclic) bond motifs is 1.